The number of hydrogen-bond donors (Lipinski definition) is 1. The highest BCUT2D eigenvalue weighted by molar-refractivity contribution is 5.79. The van der Waals surface area contributed by atoms with E-state index in [0.717, 1.165) is 38.8 Å². The zero-order valence-electron chi connectivity index (χ0n) is 23.6. The van der Waals surface area contributed by atoms with Gasteiger partial charge < -0.3 is 33.9 Å². The summed E-state index contributed by atoms with van der Waals surface area (Å²) in [5.74, 6) is -3.50. The normalized spacial score (nSPS) is 33.0. The van der Waals surface area contributed by atoms with Crippen LogP contribution in [0.25, 0.3) is 0 Å². The number of nitriles is 1. The van der Waals surface area contributed by atoms with E-state index >= 15 is 0 Å². The fourth-order valence-corrected chi connectivity index (χ4v) is 5.86. The van der Waals surface area contributed by atoms with Gasteiger partial charge in [0.25, 0.3) is 0 Å². The molecule has 1 amide bonds. The number of carbonyl (C=O) groups is 3. The third-order valence-electron chi connectivity index (χ3n) is 7.76. The lowest BCUT2D eigenvalue weighted by molar-refractivity contribution is -0.301. The second kappa shape index (κ2) is 12.1. The predicted octanol–water partition coefficient (Wildman–Crippen LogP) is 0.932. The van der Waals surface area contributed by atoms with Crippen LogP contribution in [0.2, 0.25) is 0 Å². The molecule has 5 atom stereocenters. The maximum Gasteiger partial charge on any atom is 0.308 e. The van der Waals surface area contributed by atoms with Crippen molar-refractivity contribution in [3.05, 3.63) is 0 Å². The summed E-state index contributed by atoms with van der Waals surface area (Å²) in [6.45, 7) is 11.1. The molecule has 0 aliphatic carbocycles. The number of nitrogens with zero attached hydrogens (tertiary/aromatic N) is 3. The Morgan fingerprint density at radius 1 is 1.13 bits per heavy atom. The molecule has 0 radical (unpaired) electrons. The molecule has 0 aromatic heterocycles. The molecular formula is C27H42N4O8. The molecule has 4 heterocycles. The van der Waals surface area contributed by atoms with Gasteiger partial charge in [-0.3, -0.25) is 19.3 Å². The third-order valence-corrected chi connectivity index (χ3v) is 7.76. The minimum absolute atomic E-state index is 0.00662. The highest BCUT2D eigenvalue weighted by Crippen LogP contribution is 2.44. The minimum atomic E-state index is -1.21. The van der Waals surface area contributed by atoms with E-state index < -0.39 is 41.8 Å². The maximum atomic E-state index is 12.6. The van der Waals surface area contributed by atoms with Crippen LogP contribution in [0.15, 0.2) is 0 Å². The molecule has 4 rings (SSSR count). The number of ether oxygens (including phenoxy) is 5. The van der Waals surface area contributed by atoms with Gasteiger partial charge in [-0.1, -0.05) is 13.8 Å². The van der Waals surface area contributed by atoms with Gasteiger partial charge in [0, 0.05) is 19.5 Å². The van der Waals surface area contributed by atoms with Crippen LogP contribution in [0.3, 0.4) is 0 Å². The van der Waals surface area contributed by atoms with Gasteiger partial charge in [-0.25, -0.2) is 0 Å². The van der Waals surface area contributed by atoms with Crippen molar-refractivity contribution in [1.29, 1.82) is 5.26 Å². The molecule has 0 aromatic rings. The Morgan fingerprint density at radius 3 is 2.49 bits per heavy atom. The predicted molar refractivity (Wildman–Crippen MR) is 137 cm³/mol. The van der Waals surface area contributed by atoms with E-state index in [2.05, 4.69) is 16.3 Å². The molecule has 4 fully saturated rings. The number of esters is 2. The van der Waals surface area contributed by atoms with E-state index in [9.17, 15) is 19.6 Å². The summed E-state index contributed by atoms with van der Waals surface area (Å²) in [5, 5.41) is 12.6. The first-order valence-electron chi connectivity index (χ1n) is 14.0. The fraction of sp³-hybridized carbons (Fsp3) is 0.852. The summed E-state index contributed by atoms with van der Waals surface area (Å²) in [6.07, 6.45) is 0.764. The molecule has 1 N–H and O–H groups in total. The van der Waals surface area contributed by atoms with Gasteiger partial charge in [0.15, 0.2) is 24.1 Å². The van der Waals surface area contributed by atoms with Gasteiger partial charge in [0.2, 0.25) is 11.7 Å². The molecular weight excluding hydrogens is 508 g/mol. The zero-order chi connectivity index (χ0) is 28.4. The highest BCUT2D eigenvalue weighted by atomic mass is 16.9. The molecule has 12 nitrogen and oxygen atoms in total. The number of likely N-dealkylation sites (tertiary alicyclic amines) is 2. The van der Waals surface area contributed by atoms with Crippen LogP contribution >= 0.6 is 0 Å². The van der Waals surface area contributed by atoms with Crippen molar-refractivity contribution in [2.75, 3.05) is 39.3 Å². The van der Waals surface area contributed by atoms with Crippen LogP contribution in [-0.2, 0) is 38.1 Å². The van der Waals surface area contributed by atoms with Crippen LogP contribution in [0.1, 0.15) is 60.3 Å². The molecule has 4 aliphatic heterocycles. The van der Waals surface area contributed by atoms with Crippen LogP contribution in [0, 0.1) is 17.2 Å². The summed E-state index contributed by atoms with van der Waals surface area (Å²) >= 11 is 0. The fourth-order valence-electron chi connectivity index (χ4n) is 5.86. The lowest BCUT2D eigenvalue weighted by Gasteiger charge is -2.46. The Labute approximate surface area is 230 Å². The van der Waals surface area contributed by atoms with Crippen molar-refractivity contribution in [3.8, 4) is 6.07 Å². The van der Waals surface area contributed by atoms with E-state index in [1.165, 1.54) is 6.92 Å². The molecule has 0 saturated carbocycles. The molecule has 4 saturated heterocycles. The number of fused-ring (bicyclic) bond motifs is 1. The van der Waals surface area contributed by atoms with E-state index in [1.807, 2.05) is 0 Å². The monoisotopic (exact) mass is 550 g/mol. The SMILES string of the molecule is CC(=O)O[C@@H]1[C@H](OC(=O)C(C)C)CO[C@@]2(CN3CCC(NCC(=O)N4CCC[C@H]4C#N)CC3)OC(C)(C)O[C@@H]12. The molecule has 218 valence electrons. The first-order chi connectivity index (χ1) is 18.4. The second-order valence-corrected chi connectivity index (χ2v) is 11.7. The first-order valence-corrected chi connectivity index (χ1v) is 14.0. The van der Waals surface area contributed by atoms with Gasteiger partial charge in [-0.2, -0.15) is 5.26 Å². The van der Waals surface area contributed by atoms with Gasteiger partial charge in [-0.05, 0) is 52.6 Å². The Morgan fingerprint density at radius 2 is 1.85 bits per heavy atom. The topological polar surface area (TPSA) is 140 Å². The summed E-state index contributed by atoms with van der Waals surface area (Å²) in [5.41, 5.74) is 0. The molecule has 0 bridgehead atoms. The summed E-state index contributed by atoms with van der Waals surface area (Å²) in [7, 11) is 0. The quantitative estimate of drug-likeness (QED) is 0.432. The summed E-state index contributed by atoms with van der Waals surface area (Å²) in [4.78, 5) is 40.9. The van der Waals surface area contributed by atoms with Crippen molar-refractivity contribution in [2.24, 2.45) is 5.92 Å². The molecule has 12 heteroatoms. The van der Waals surface area contributed by atoms with Gasteiger partial charge in [-0.15, -0.1) is 0 Å². The second-order valence-electron chi connectivity index (χ2n) is 11.7. The standard InChI is InChI=1S/C27H42N4O8/c1-17(2)25(34)37-21-15-35-27(24(23(21)36-18(3)32)38-26(4,5)39-27)16-30-11-8-19(9-12-30)29-14-22(33)31-10-6-7-20(31)13-28/h17,19-21,23-24,29H,6-12,14-16H2,1-5H3/t20-,21+,23+,24-,27-/m0/s1. The Balaban J connectivity index is 1.37. The molecule has 39 heavy (non-hydrogen) atoms. The number of hydrogen-bond acceptors (Lipinski definition) is 11. The van der Waals surface area contributed by atoms with Crippen LogP contribution < -0.4 is 5.32 Å². The Kier molecular flexibility index (Phi) is 9.18. The van der Waals surface area contributed by atoms with Gasteiger partial charge in [0.05, 0.1) is 31.7 Å². The van der Waals surface area contributed by atoms with Crippen molar-refractivity contribution in [1.82, 2.24) is 15.1 Å². The average molecular weight is 551 g/mol. The largest absolute Gasteiger partial charge is 0.456 e. The number of piperidine rings is 1. The van der Waals surface area contributed by atoms with Crippen LogP contribution in [0.5, 0.6) is 0 Å². The van der Waals surface area contributed by atoms with E-state index in [-0.39, 0.29) is 37.1 Å². The van der Waals surface area contributed by atoms with Crippen LogP contribution in [0.4, 0.5) is 0 Å². The number of carbonyl (C=O) groups excluding carboxylic acids is 3. The average Bonchev–Trinajstić information content (AvgIpc) is 3.46. The summed E-state index contributed by atoms with van der Waals surface area (Å²) in [6, 6.07) is 2.08. The van der Waals surface area contributed by atoms with Gasteiger partial charge >= 0.3 is 11.9 Å². The van der Waals surface area contributed by atoms with E-state index in [0.29, 0.717) is 13.1 Å². The summed E-state index contributed by atoms with van der Waals surface area (Å²) < 4.78 is 30.1. The molecule has 0 spiro atoms. The number of nitrogens with one attached hydrogen (secondary N) is 1. The highest BCUT2D eigenvalue weighted by Gasteiger charge is 2.64. The van der Waals surface area contributed by atoms with Gasteiger partial charge in [0.1, 0.15) is 6.04 Å². The number of rotatable bonds is 8. The van der Waals surface area contributed by atoms with Crippen molar-refractivity contribution < 1.29 is 38.1 Å². The zero-order valence-corrected chi connectivity index (χ0v) is 23.6. The van der Waals surface area contributed by atoms with Crippen molar-refractivity contribution in [3.63, 3.8) is 0 Å². The molecule has 0 aromatic carbocycles. The maximum absolute atomic E-state index is 12.6. The molecule has 4 aliphatic rings. The first kappa shape index (κ1) is 29.7. The van der Waals surface area contributed by atoms with Crippen molar-refractivity contribution in [2.45, 2.75) is 102 Å². The molecule has 0 unspecified atom stereocenters. The Bertz CT molecular complexity index is 960. The van der Waals surface area contributed by atoms with Crippen LogP contribution in [-0.4, -0.2) is 109 Å². The van der Waals surface area contributed by atoms with E-state index in [4.69, 9.17) is 23.7 Å². The minimum Gasteiger partial charge on any atom is -0.456 e. The number of amides is 1. The lowest BCUT2D eigenvalue weighted by atomic mass is 9.94. The third kappa shape index (κ3) is 6.89. The lowest BCUT2D eigenvalue weighted by Crippen LogP contribution is -2.65. The van der Waals surface area contributed by atoms with E-state index in [1.54, 1.807) is 32.6 Å². The Hall–Kier alpha value is -2.30. The van der Waals surface area contributed by atoms with Crippen molar-refractivity contribution >= 4 is 17.8 Å². The smallest absolute Gasteiger partial charge is 0.308 e.